The summed E-state index contributed by atoms with van der Waals surface area (Å²) in [5.74, 6) is 0.887. The predicted octanol–water partition coefficient (Wildman–Crippen LogP) is 0.676. The molecule has 4 nitrogen and oxygen atoms in total. The summed E-state index contributed by atoms with van der Waals surface area (Å²) in [5.41, 5.74) is 5.88. The second kappa shape index (κ2) is 6.33. The van der Waals surface area contributed by atoms with Crippen molar-refractivity contribution >= 4 is 5.91 Å². The van der Waals surface area contributed by atoms with Gasteiger partial charge in [-0.3, -0.25) is 5.73 Å². The van der Waals surface area contributed by atoms with Gasteiger partial charge in [0.2, 0.25) is 0 Å². The van der Waals surface area contributed by atoms with Gasteiger partial charge in [0, 0.05) is 18.9 Å². The van der Waals surface area contributed by atoms with Gasteiger partial charge < -0.3 is 5.32 Å². The lowest BCUT2D eigenvalue weighted by atomic mass is 10.0. The topological polar surface area (TPSA) is 55.1 Å². The largest absolute Gasteiger partial charge is 0.328 e. The number of carbonyl (C=O) groups excluding carboxylic acids is 1. The predicted molar refractivity (Wildman–Crippen MR) is 65.6 cm³/mol. The summed E-state index contributed by atoms with van der Waals surface area (Å²) in [4.78, 5) is 12.2. The molecule has 0 bridgehead atoms. The fourth-order valence-electron chi connectivity index (χ4n) is 2.50. The van der Waals surface area contributed by atoms with Crippen molar-refractivity contribution in [1.82, 2.24) is 5.32 Å². The van der Waals surface area contributed by atoms with Crippen LogP contribution in [0.25, 0.3) is 0 Å². The summed E-state index contributed by atoms with van der Waals surface area (Å²) < 4.78 is 0.485. The number of hydrogen-bond donors (Lipinski definition) is 2. The Bertz CT molecular complexity index is 228. The minimum Gasteiger partial charge on any atom is -0.305 e. The van der Waals surface area contributed by atoms with E-state index in [1.165, 1.54) is 0 Å². The number of carbonyl (C=O) groups is 1. The highest BCUT2D eigenvalue weighted by Gasteiger charge is 2.37. The van der Waals surface area contributed by atoms with Gasteiger partial charge in [0.1, 0.15) is 13.2 Å². The molecule has 1 rings (SSSR count). The van der Waals surface area contributed by atoms with Gasteiger partial charge in [-0.2, -0.15) is 0 Å². The fourth-order valence-corrected chi connectivity index (χ4v) is 2.50. The van der Waals surface area contributed by atoms with Crippen LogP contribution < -0.4 is 11.1 Å². The molecule has 1 atom stereocenters. The molecular weight excluding hydrogens is 202 g/mol. The maximum Gasteiger partial charge on any atom is 0.328 e. The number of amides is 1. The second-order valence-electron chi connectivity index (χ2n) is 4.84. The first-order chi connectivity index (χ1) is 7.68. The first kappa shape index (κ1) is 13.6. The highest BCUT2D eigenvalue weighted by Crippen LogP contribution is 2.18. The minimum absolute atomic E-state index is 0.270. The standard InChI is InChI=1S/C12H26N3O/c1-3-11(4-2)9-15(10-13)7-5-6-14-8-12(15)16/h11,14H,3-10,13H2,1-2H3/q+1. The molecule has 0 spiro atoms. The Hall–Kier alpha value is -0.450. The van der Waals surface area contributed by atoms with Crippen molar-refractivity contribution in [3.05, 3.63) is 0 Å². The van der Waals surface area contributed by atoms with E-state index in [0.717, 1.165) is 38.9 Å². The van der Waals surface area contributed by atoms with Crippen LogP contribution in [0.5, 0.6) is 0 Å². The molecule has 3 N–H and O–H groups in total. The van der Waals surface area contributed by atoms with Crippen molar-refractivity contribution in [2.24, 2.45) is 11.7 Å². The summed E-state index contributed by atoms with van der Waals surface area (Å²) in [6.45, 7) is 8.09. The zero-order chi connectivity index (χ0) is 12.0. The van der Waals surface area contributed by atoms with Gasteiger partial charge in [-0.15, -0.1) is 0 Å². The molecule has 0 aromatic heterocycles. The molecule has 16 heavy (non-hydrogen) atoms. The number of nitrogens with one attached hydrogen (secondary N) is 1. The van der Waals surface area contributed by atoms with Crippen LogP contribution in [0.2, 0.25) is 0 Å². The van der Waals surface area contributed by atoms with Crippen LogP contribution in [0.1, 0.15) is 33.1 Å². The number of nitrogens with zero attached hydrogens (tertiary/aromatic N) is 1. The second-order valence-corrected chi connectivity index (χ2v) is 4.84. The van der Waals surface area contributed by atoms with Crippen LogP contribution >= 0.6 is 0 Å². The maximum atomic E-state index is 12.2. The van der Waals surface area contributed by atoms with Crippen molar-refractivity contribution in [3.63, 3.8) is 0 Å². The van der Waals surface area contributed by atoms with E-state index >= 15 is 0 Å². The molecule has 4 heteroatoms. The maximum absolute atomic E-state index is 12.2. The van der Waals surface area contributed by atoms with Gasteiger partial charge in [0.15, 0.2) is 0 Å². The molecule has 0 aliphatic carbocycles. The summed E-state index contributed by atoms with van der Waals surface area (Å²) >= 11 is 0. The van der Waals surface area contributed by atoms with E-state index in [2.05, 4.69) is 19.2 Å². The zero-order valence-electron chi connectivity index (χ0n) is 10.7. The van der Waals surface area contributed by atoms with E-state index in [4.69, 9.17) is 5.73 Å². The lowest BCUT2D eigenvalue weighted by Gasteiger charge is -2.35. The van der Waals surface area contributed by atoms with Gasteiger partial charge in [-0.1, -0.05) is 13.8 Å². The van der Waals surface area contributed by atoms with Crippen LogP contribution in [-0.4, -0.2) is 43.2 Å². The highest BCUT2D eigenvalue weighted by molar-refractivity contribution is 5.71. The van der Waals surface area contributed by atoms with E-state index in [0.29, 0.717) is 23.6 Å². The molecular formula is C12H26N3O+. The number of nitrogens with two attached hydrogens (primary N) is 1. The number of hydrogen-bond acceptors (Lipinski definition) is 3. The third-order valence-corrected chi connectivity index (χ3v) is 3.86. The molecule has 94 valence electrons. The van der Waals surface area contributed by atoms with Crippen molar-refractivity contribution in [3.8, 4) is 0 Å². The first-order valence-electron chi connectivity index (χ1n) is 6.48. The Morgan fingerprint density at radius 3 is 2.69 bits per heavy atom. The molecule has 1 aliphatic heterocycles. The molecule has 0 radical (unpaired) electrons. The normalized spacial score (nSPS) is 27.1. The van der Waals surface area contributed by atoms with E-state index in [-0.39, 0.29) is 5.91 Å². The smallest absolute Gasteiger partial charge is 0.305 e. The fraction of sp³-hybridized carbons (Fsp3) is 0.917. The average Bonchev–Trinajstić information content (AvgIpc) is 2.49. The number of rotatable bonds is 5. The molecule has 0 aromatic carbocycles. The van der Waals surface area contributed by atoms with E-state index in [1.54, 1.807) is 0 Å². The van der Waals surface area contributed by atoms with Gasteiger partial charge in [-0.25, -0.2) is 9.28 Å². The summed E-state index contributed by atoms with van der Waals surface area (Å²) in [6.07, 6.45) is 3.32. The Balaban J connectivity index is 2.76. The Morgan fingerprint density at radius 2 is 2.12 bits per heavy atom. The molecule has 1 saturated heterocycles. The van der Waals surface area contributed by atoms with Gasteiger partial charge in [-0.05, 0) is 12.8 Å². The Morgan fingerprint density at radius 1 is 1.44 bits per heavy atom. The van der Waals surface area contributed by atoms with Crippen LogP contribution in [0.3, 0.4) is 0 Å². The van der Waals surface area contributed by atoms with Crippen molar-refractivity contribution in [2.75, 3.05) is 32.8 Å². The summed E-state index contributed by atoms with van der Waals surface area (Å²) in [5, 5.41) is 3.17. The monoisotopic (exact) mass is 228 g/mol. The molecule has 1 amide bonds. The van der Waals surface area contributed by atoms with Gasteiger partial charge >= 0.3 is 5.91 Å². The quantitative estimate of drug-likeness (QED) is 0.680. The van der Waals surface area contributed by atoms with Gasteiger partial charge in [0.05, 0.1) is 13.1 Å². The number of quaternary nitrogens is 1. The third kappa shape index (κ3) is 3.03. The van der Waals surface area contributed by atoms with Crippen LogP contribution in [0, 0.1) is 5.92 Å². The van der Waals surface area contributed by atoms with E-state index in [1.807, 2.05) is 0 Å². The Kier molecular flexibility index (Phi) is 5.38. The molecule has 1 aliphatic rings. The third-order valence-electron chi connectivity index (χ3n) is 3.86. The van der Waals surface area contributed by atoms with Crippen molar-refractivity contribution in [1.29, 1.82) is 0 Å². The van der Waals surface area contributed by atoms with Crippen molar-refractivity contribution in [2.45, 2.75) is 33.1 Å². The van der Waals surface area contributed by atoms with E-state index in [9.17, 15) is 4.79 Å². The van der Waals surface area contributed by atoms with Crippen molar-refractivity contribution < 1.29 is 9.28 Å². The molecule has 1 heterocycles. The van der Waals surface area contributed by atoms with E-state index < -0.39 is 0 Å². The molecule has 1 fully saturated rings. The first-order valence-corrected chi connectivity index (χ1v) is 6.48. The highest BCUT2D eigenvalue weighted by atomic mass is 16.2. The lowest BCUT2D eigenvalue weighted by Crippen LogP contribution is -2.59. The average molecular weight is 228 g/mol. The lowest BCUT2D eigenvalue weighted by molar-refractivity contribution is -0.857. The SMILES string of the molecule is CCC(CC)C[N+]1(CN)CCCNCC1=O. The van der Waals surface area contributed by atoms with Gasteiger partial charge in [0.25, 0.3) is 0 Å². The Labute approximate surface area is 98.8 Å². The zero-order valence-corrected chi connectivity index (χ0v) is 10.7. The molecule has 0 saturated carbocycles. The summed E-state index contributed by atoms with van der Waals surface area (Å²) in [6, 6.07) is 0. The molecule has 0 aromatic rings. The minimum atomic E-state index is 0.270. The summed E-state index contributed by atoms with van der Waals surface area (Å²) in [7, 11) is 0. The van der Waals surface area contributed by atoms with Crippen LogP contribution in [0.4, 0.5) is 0 Å². The van der Waals surface area contributed by atoms with Crippen LogP contribution in [-0.2, 0) is 4.79 Å². The van der Waals surface area contributed by atoms with Crippen LogP contribution in [0.15, 0.2) is 0 Å². The molecule has 1 unspecified atom stereocenters.